The van der Waals surface area contributed by atoms with E-state index < -0.39 is 0 Å². The molecular formula is C20H26BO4. The lowest BCUT2D eigenvalue weighted by atomic mass is 10.2. The summed E-state index contributed by atoms with van der Waals surface area (Å²) in [6.07, 6.45) is 4.36. The summed E-state index contributed by atoms with van der Waals surface area (Å²) in [5.41, 5.74) is 0. The van der Waals surface area contributed by atoms with Crippen molar-refractivity contribution in [2.24, 2.45) is 0 Å². The standard InChI is InChI=1S/C20H26BO4/c1-3-5-15-22-17-7-11-19(12-8-17)24-21-25-20-13-9-18(10-14-20)23-16-6-4-2/h7-14H,3-6,15-16H2,1-2H3. The van der Waals surface area contributed by atoms with Crippen molar-refractivity contribution in [3.05, 3.63) is 48.5 Å². The van der Waals surface area contributed by atoms with Crippen LogP contribution in [-0.2, 0) is 0 Å². The molecule has 0 aliphatic carbocycles. The highest BCUT2D eigenvalue weighted by molar-refractivity contribution is 6.20. The second-order valence-electron chi connectivity index (χ2n) is 5.68. The van der Waals surface area contributed by atoms with Gasteiger partial charge in [-0.25, -0.2) is 0 Å². The van der Waals surface area contributed by atoms with Crippen molar-refractivity contribution in [1.29, 1.82) is 0 Å². The molecule has 4 nitrogen and oxygen atoms in total. The van der Waals surface area contributed by atoms with E-state index in [0.29, 0.717) is 11.5 Å². The number of hydrogen-bond acceptors (Lipinski definition) is 4. The molecule has 2 rings (SSSR count). The Balaban J connectivity index is 1.69. The summed E-state index contributed by atoms with van der Waals surface area (Å²) >= 11 is 0. The summed E-state index contributed by atoms with van der Waals surface area (Å²) in [5, 5.41) is 0. The van der Waals surface area contributed by atoms with E-state index in [1.54, 1.807) is 0 Å². The fourth-order valence-electron chi connectivity index (χ4n) is 2.03. The molecule has 0 saturated carbocycles. The first-order chi connectivity index (χ1) is 12.3. The van der Waals surface area contributed by atoms with Crippen LogP contribution in [0, 0.1) is 0 Å². The average Bonchev–Trinajstić information content (AvgIpc) is 2.65. The quantitative estimate of drug-likeness (QED) is 0.400. The molecule has 0 spiro atoms. The van der Waals surface area contributed by atoms with Gasteiger partial charge in [-0.3, -0.25) is 0 Å². The van der Waals surface area contributed by atoms with E-state index in [-0.39, 0.29) is 0 Å². The van der Waals surface area contributed by atoms with Crippen molar-refractivity contribution in [2.75, 3.05) is 13.2 Å². The number of rotatable bonds is 12. The van der Waals surface area contributed by atoms with Crippen molar-refractivity contribution in [3.8, 4) is 23.0 Å². The van der Waals surface area contributed by atoms with Gasteiger partial charge >= 0.3 is 7.69 Å². The highest BCUT2D eigenvalue weighted by Crippen LogP contribution is 2.19. The third kappa shape index (κ3) is 7.42. The predicted octanol–water partition coefficient (Wildman–Crippen LogP) is 5.04. The molecular weight excluding hydrogens is 315 g/mol. The first-order valence-corrected chi connectivity index (χ1v) is 8.92. The third-order valence-corrected chi connectivity index (χ3v) is 3.55. The Morgan fingerprint density at radius 1 is 0.600 bits per heavy atom. The molecule has 0 atom stereocenters. The van der Waals surface area contributed by atoms with Crippen molar-refractivity contribution in [3.63, 3.8) is 0 Å². The van der Waals surface area contributed by atoms with Gasteiger partial charge in [0.1, 0.15) is 23.0 Å². The maximum Gasteiger partial charge on any atom is 0.658 e. The Kier molecular flexibility index (Phi) is 8.60. The smallest absolute Gasteiger partial charge is 0.526 e. The number of benzene rings is 2. The molecule has 133 valence electrons. The molecule has 0 fully saturated rings. The van der Waals surface area contributed by atoms with E-state index in [4.69, 9.17) is 18.8 Å². The Morgan fingerprint density at radius 3 is 1.32 bits per heavy atom. The number of ether oxygens (including phenoxy) is 2. The fraction of sp³-hybridized carbons (Fsp3) is 0.400. The van der Waals surface area contributed by atoms with Crippen molar-refractivity contribution < 1.29 is 18.8 Å². The van der Waals surface area contributed by atoms with Gasteiger partial charge in [0.25, 0.3) is 0 Å². The Hall–Kier alpha value is -2.30. The molecule has 2 aromatic rings. The Bertz CT molecular complexity index is 530. The Morgan fingerprint density at radius 2 is 0.960 bits per heavy atom. The van der Waals surface area contributed by atoms with Gasteiger partial charge in [-0.05, 0) is 61.4 Å². The first-order valence-electron chi connectivity index (χ1n) is 8.92. The predicted molar refractivity (Wildman–Crippen MR) is 101 cm³/mol. The highest BCUT2D eigenvalue weighted by atomic mass is 16.6. The molecule has 0 unspecified atom stereocenters. The van der Waals surface area contributed by atoms with Crippen LogP contribution in [0.25, 0.3) is 0 Å². The van der Waals surface area contributed by atoms with Crippen LogP contribution in [0.15, 0.2) is 48.5 Å². The third-order valence-electron chi connectivity index (χ3n) is 3.55. The van der Waals surface area contributed by atoms with Gasteiger partial charge in [-0.15, -0.1) is 0 Å². The van der Waals surface area contributed by atoms with Gasteiger partial charge in [0.05, 0.1) is 13.2 Å². The molecule has 0 aliphatic rings. The van der Waals surface area contributed by atoms with E-state index in [1.165, 1.54) is 7.69 Å². The van der Waals surface area contributed by atoms with Gasteiger partial charge in [-0.1, -0.05) is 26.7 Å². The normalized spacial score (nSPS) is 10.2. The maximum atomic E-state index is 5.61. The SMILES string of the molecule is CCCCOc1ccc(O[B]Oc2ccc(OCCCC)cc2)cc1. The molecule has 0 saturated heterocycles. The van der Waals surface area contributed by atoms with Gasteiger partial charge in [0.15, 0.2) is 0 Å². The van der Waals surface area contributed by atoms with Crippen LogP contribution in [0.4, 0.5) is 0 Å². The van der Waals surface area contributed by atoms with Crippen LogP contribution < -0.4 is 18.8 Å². The van der Waals surface area contributed by atoms with Crippen LogP contribution in [0.1, 0.15) is 39.5 Å². The second kappa shape index (κ2) is 11.3. The van der Waals surface area contributed by atoms with Crippen LogP contribution >= 0.6 is 0 Å². The summed E-state index contributed by atoms with van der Waals surface area (Å²) < 4.78 is 22.2. The van der Waals surface area contributed by atoms with E-state index in [1.807, 2.05) is 48.5 Å². The van der Waals surface area contributed by atoms with E-state index in [0.717, 1.165) is 50.4 Å². The van der Waals surface area contributed by atoms with E-state index in [9.17, 15) is 0 Å². The molecule has 1 radical (unpaired) electrons. The highest BCUT2D eigenvalue weighted by Gasteiger charge is 2.03. The van der Waals surface area contributed by atoms with Crippen molar-refractivity contribution >= 4 is 7.69 Å². The summed E-state index contributed by atoms with van der Waals surface area (Å²) in [7, 11) is 1.32. The number of unbranched alkanes of at least 4 members (excludes halogenated alkanes) is 2. The lowest BCUT2D eigenvalue weighted by Crippen LogP contribution is -2.10. The van der Waals surface area contributed by atoms with Gasteiger partial charge in [-0.2, -0.15) is 0 Å². The maximum absolute atomic E-state index is 5.61. The molecule has 2 aromatic carbocycles. The molecule has 0 heterocycles. The van der Waals surface area contributed by atoms with Crippen LogP contribution in [0.3, 0.4) is 0 Å². The molecule has 0 amide bonds. The van der Waals surface area contributed by atoms with E-state index >= 15 is 0 Å². The minimum Gasteiger partial charge on any atom is -0.526 e. The molecule has 0 aliphatic heterocycles. The summed E-state index contributed by atoms with van der Waals surface area (Å²) in [6.45, 7) is 5.76. The van der Waals surface area contributed by atoms with Gasteiger partial charge < -0.3 is 18.8 Å². The van der Waals surface area contributed by atoms with Crippen molar-refractivity contribution in [1.82, 2.24) is 0 Å². The topological polar surface area (TPSA) is 36.9 Å². The molecule has 0 bridgehead atoms. The lowest BCUT2D eigenvalue weighted by molar-refractivity contribution is 0.309. The summed E-state index contributed by atoms with van der Waals surface area (Å²) in [6, 6.07) is 15.0. The molecule has 0 N–H and O–H groups in total. The van der Waals surface area contributed by atoms with Crippen LogP contribution in [0.5, 0.6) is 23.0 Å². The zero-order valence-corrected chi connectivity index (χ0v) is 15.1. The summed E-state index contributed by atoms with van der Waals surface area (Å²) in [4.78, 5) is 0. The Labute approximate surface area is 151 Å². The first kappa shape index (κ1) is 19.0. The largest absolute Gasteiger partial charge is 0.658 e. The second-order valence-corrected chi connectivity index (χ2v) is 5.68. The van der Waals surface area contributed by atoms with Gasteiger partial charge in [0, 0.05) is 0 Å². The molecule has 5 heteroatoms. The van der Waals surface area contributed by atoms with E-state index in [2.05, 4.69) is 13.8 Å². The molecule has 0 aromatic heterocycles. The molecule has 25 heavy (non-hydrogen) atoms. The summed E-state index contributed by atoms with van der Waals surface area (Å²) in [5.74, 6) is 3.09. The zero-order chi connectivity index (χ0) is 17.7. The fourth-order valence-corrected chi connectivity index (χ4v) is 2.03. The van der Waals surface area contributed by atoms with Crippen molar-refractivity contribution in [2.45, 2.75) is 39.5 Å². The minimum absolute atomic E-state index is 0.697. The van der Waals surface area contributed by atoms with Crippen LogP contribution in [0.2, 0.25) is 0 Å². The van der Waals surface area contributed by atoms with Crippen LogP contribution in [-0.4, -0.2) is 20.9 Å². The average molecular weight is 341 g/mol. The lowest BCUT2D eigenvalue weighted by Gasteiger charge is -2.09. The van der Waals surface area contributed by atoms with Gasteiger partial charge in [0.2, 0.25) is 0 Å². The monoisotopic (exact) mass is 341 g/mol. The zero-order valence-electron chi connectivity index (χ0n) is 15.1. The number of hydrogen-bond donors (Lipinski definition) is 0. The minimum atomic E-state index is 0.697.